The van der Waals surface area contributed by atoms with Crippen molar-refractivity contribution in [3.05, 3.63) is 35.7 Å². The molecule has 2 aliphatic heterocycles. The number of aromatic nitrogens is 2. The van der Waals surface area contributed by atoms with Crippen LogP contribution in [0.25, 0.3) is 0 Å². The Morgan fingerprint density at radius 1 is 1.22 bits per heavy atom. The monoisotopic (exact) mass is 442 g/mol. The molecule has 0 bridgehead atoms. The van der Waals surface area contributed by atoms with Crippen LogP contribution in [0.15, 0.2) is 24.3 Å². The third kappa shape index (κ3) is 5.59. The summed E-state index contributed by atoms with van der Waals surface area (Å²) in [5.41, 5.74) is 0.834. The highest BCUT2D eigenvalue weighted by atomic mass is 16.5. The molecule has 0 atom stereocenters. The second-order valence-electron chi connectivity index (χ2n) is 8.48. The molecule has 32 heavy (non-hydrogen) atoms. The van der Waals surface area contributed by atoms with Gasteiger partial charge in [-0.15, -0.1) is 0 Å². The summed E-state index contributed by atoms with van der Waals surface area (Å²) >= 11 is 0. The minimum atomic E-state index is -0.262. The average molecular weight is 443 g/mol. The van der Waals surface area contributed by atoms with E-state index in [9.17, 15) is 4.79 Å². The molecule has 3 heterocycles. The first-order valence-corrected chi connectivity index (χ1v) is 10.9. The molecule has 0 aliphatic carbocycles. The zero-order chi connectivity index (χ0) is 22.6. The molecule has 172 valence electrons. The summed E-state index contributed by atoms with van der Waals surface area (Å²) in [6.07, 6.45) is 0.818. The molecule has 1 fully saturated rings. The molecule has 0 radical (unpaired) electrons. The largest absolute Gasteiger partial charge is 0.483 e. The fraction of sp³-hybridized carbons (Fsp3) is 0.522. The van der Waals surface area contributed by atoms with Crippen LogP contribution in [0.2, 0.25) is 0 Å². The van der Waals surface area contributed by atoms with Crippen LogP contribution < -0.4 is 24.4 Å². The number of rotatable bonds is 8. The van der Waals surface area contributed by atoms with Gasteiger partial charge in [-0.1, -0.05) is 12.1 Å². The van der Waals surface area contributed by atoms with Gasteiger partial charge < -0.3 is 29.2 Å². The summed E-state index contributed by atoms with van der Waals surface area (Å²) in [6, 6.07) is 7.58. The van der Waals surface area contributed by atoms with E-state index >= 15 is 0 Å². The zero-order valence-corrected chi connectivity index (χ0v) is 18.8. The summed E-state index contributed by atoms with van der Waals surface area (Å²) in [7, 11) is 0. The van der Waals surface area contributed by atoms with Crippen LogP contribution in [0.1, 0.15) is 25.2 Å². The van der Waals surface area contributed by atoms with Crippen molar-refractivity contribution in [2.24, 2.45) is 0 Å². The topological polar surface area (TPSA) is 95.0 Å². The molecule has 1 saturated heterocycles. The lowest BCUT2D eigenvalue weighted by Gasteiger charge is -2.28. The standard InChI is InChI=1S/C23H30N4O5/c1-16-25-19(27-8-11-29-12-9-27)13-21(26-16)30-10-7-24-20(28)15-31-18-6-4-5-17-14-23(2,3)32-22(17)18/h4-6,13H,7-12,14-15H2,1-3H3,(H,24,28). The minimum Gasteiger partial charge on any atom is -0.483 e. The van der Waals surface area contributed by atoms with E-state index < -0.39 is 0 Å². The smallest absolute Gasteiger partial charge is 0.258 e. The number of ether oxygens (including phenoxy) is 4. The number of hydrogen-bond donors (Lipinski definition) is 1. The van der Waals surface area contributed by atoms with Gasteiger partial charge in [-0.25, -0.2) is 4.98 Å². The predicted molar refractivity (Wildman–Crippen MR) is 119 cm³/mol. The lowest BCUT2D eigenvalue weighted by atomic mass is 10.0. The van der Waals surface area contributed by atoms with Crippen molar-refractivity contribution in [2.75, 3.05) is 51.0 Å². The van der Waals surface area contributed by atoms with Crippen molar-refractivity contribution < 1.29 is 23.7 Å². The van der Waals surface area contributed by atoms with E-state index in [1.54, 1.807) is 0 Å². The number of aryl methyl sites for hydroxylation is 1. The van der Waals surface area contributed by atoms with Crippen molar-refractivity contribution in [1.82, 2.24) is 15.3 Å². The van der Waals surface area contributed by atoms with E-state index in [2.05, 4.69) is 20.2 Å². The van der Waals surface area contributed by atoms with Gasteiger partial charge in [0.05, 0.1) is 19.8 Å². The Kier molecular flexibility index (Phi) is 6.64. The second-order valence-corrected chi connectivity index (χ2v) is 8.48. The van der Waals surface area contributed by atoms with Gasteiger partial charge in [0.25, 0.3) is 5.91 Å². The quantitative estimate of drug-likeness (QED) is 0.620. The summed E-state index contributed by atoms with van der Waals surface area (Å²) in [4.78, 5) is 23.1. The van der Waals surface area contributed by atoms with E-state index in [1.165, 1.54) is 0 Å². The zero-order valence-electron chi connectivity index (χ0n) is 18.8. The molecule has 0 saturated carbocycles. The number of amides is 1. The first-order valence-electron chi connectivity index (χ1n) is 10.9. The first kappa shape index (κ1) is 22.1. The number of carbonyl (C=O) groups excluding carboxylic acids is 1. The van der Waals surface area contributed by atoms with E-state index in [-0.39, 0.29) is 18.1 Å². The Balaban J connectivity index is 1.22. The normalized spacial score (nSPS) is 16.8. The molecule has 0 spiro atoms. The van der Waals surface area contributed by atoms with Crippen molar-refractivity contribution in [3.63, 3.8) is 0 Å². The first-order chi connectivity index (χ1) is 15.4. The molecule has 1 aromatic carbocycles. The Morgan fingerprint density at radius 3 is 2.84 bits per heavy atom. The van der Waals surface area contributed by atoms with Crippen molar-refractivity contribution in [2.45, 2.75) is 32.8 Å². The van der Waals surface area contributed by atoms with E-state index in [4.69, 9.17) is 18.9 Å². The Hall–Kier alpha value is -3.07. The summed E-state index contributed by atoms with van der Waals surface area (Å²) in [5, 5.41) is 2.80. The lowest BCUT2D eigenvalue weighted by Crippen LogP contribution is -2.37. The number of para-hydroxylation sites is 1. The van der Waals surface area contributed by atoms with Crippen LogP contribution >= 0.6 is 0 Å². The molecule has 0 unspecified atom stereocenters. The highest BCUT2D eigenvalue weighted by Gasteiger charge is 2.32. The second kappa shape index (κ2) is 9.60. The summed E-state index contributed by atoms with van der Waals surface area (Å²) < 4.78 is 22.8. The maximum absolute atomic E-state index is 12.2. The van der Waals surface area contributed by atoms with Gasteiger partial charge in [0.2, 0.25) is 5.88 Å². The lowest BCUT2D eigenvalue weighted by molar-refractivity contribution is -0.123. The van der Waals surface area contributed by atoms with Gasteiger partial charge in [0, 0.05) is 31.1 Å². The number of morpholine rings is 1. The Labute approximate surface area is 188 Å². The molecular formula is C23H30N4O5. The maximum atomic E-state index is 12.2. The number of carbonyl (C=O) groups is 1. The highest BCUT2D eigenvalue weighted by molar-refractivity contribution is 5.77. The van der Waals surface area contributed by atoms with Crippen LogP contribution in [0.3, 0.4) is 0 Å². The fourth-order valence-electron chi connectivity index (χ4n) is 3.80. The molecule has 9 heteroatoms. The number of fused-ring (bicyclic) bond motifs is 1. The van der Waals surface area contributed by atoms with E-state index in [0.29, 0.717) is 43.8 Å². The van der Waals surface area contributed by atoms with Crippen molar-refractivity contribution >= 4 is 11.7 Å². The Morgan fingerprint density at radius 2 is 2.03 bits per heavy atom. The van der Waals surface area contributed by atoms with Crippen molar-refractivity contribution in [3.8, 4) is 17.4 Å². The fourth-order valence-corrected chi connectivity index (χ4v) is 3.80. The van der Waals surface area contributed by atoms with Gasteiger partial charge >= 0.3 is 0 Å². The molecule has 1 N–H and O–H groups in total. The van der Waals surface area contributed by atoms with Crippen LogP contribution in [0.4, 0.5) is 5.82 Å². The van der Waals surface area contributed by atoms with Gasteiger partial charge in [-0.3, -0.25) is 4.79 Å². The predicted octanol–water partition coefficient (Wildman–Crippen LogP) is 1.91. The third-order valence-corrected chi connectivity index (χ3v) is 5.22. The third-order valence-electron chi connectivity index (χ3n) is 5.22. The van der Waals surface area contributed by atoms with Gasteiger partial charge in [-0.2, -0.15) is 4.98 Å². The van der Waals surface area contributed by atoms with E-state index in [0.717, 1.165) is 36.6 Å². The number of anilines is 1. The summed E-state index contributed by atoms with van der Waals surface area (Å²) in [6.45, 7) is 9.40. The molecule has 2 aromatic rings. The summed E-state index contributed by atoms with van der Waals surface area (Å²) in [5.74, 6) is 3.05. The molecule has 1 amide bonds. The van der Waals surface area contributed by atoms with Crippen molar-refractivity contribution in [1.29, 1.82) is 0 Å². The highest BCUT2D eigenvalue weighted by Crippen LogP contribution is 2.41. The van der Waals surface area contributed by atoms with Crippen LogP contribution in [0.5, 0.6) is 17.4 Å². The average Bonchev–Trinajstić information content (AvgIpc) is 3.10. The number of nitrogens with one attached hydrogen (secondary N) is 1. The van der Waals surface area contributed by atoms with Crippen LogP contribution in [0, 0.1) is 6.92 Å². The van der Waals surface area contributed by atoms with Gasteiger partial charge in [0.1, 0.15) is 23.9 Å². The molecular weight excluding hydrogens is 412 g/mol. The Bertz CT molecular complexity index is 959. The van der Waals surface area contributed by atoms with Crippen LogP contribution in [-0.4, -0.2) is 67.5 Å². The molecule has 1 aromatic heterocycles. The van der Waals surface area contributed by atoms with Crippen LogP contribution in [-0.2, 0) is 16.0 Å². The molecule has 2 aliphatic rings. The van der Waals surface area contributed by atoms with E-state index in [1.807, 2.05) is 45.0 Å². The SMILES string of the molecule is Cc1nc(OCCNC(=O)COc2cccc3c2OC(C)(C)C3)cc(N2CCOCC2)n1. The van der Waals surface area contributed by atoms with Gasteiger partial charge in [-0.05, 0) is 26.8 Å². The minimum absolute atomic E-state index is 0.0892. The maximum Gasteiger partial charge on any atom is 0.258 e. The molecule has 4 rings (SSSR count). The van der Waals surface area contributed by atoms with Gasteiger partial charge in [0.15, 0.2) is 18.1 Å². The number of benzene rings is 1. The molecule has 9 nitrogen and oxygen atoms in total. The number of hydrogen-bond acceptors (Lipinski definition) is 8. The number of nitrogens with zero attached hydrogens (tertiary/aromatic N) is 3.